The van der Waals surface area contributed by atoms with Gasteiger partial charge in [-0.1, -0.05) is 37.1 Å². The van der Waals surface area contributed by atoms with Crippen molar-refractivity contribution in [3.8, 4) is 0 Å². The summed E-state index contributed by atoms with van der Waals surface area (Å²) in [6, 6.07) is 15.1. The van der Waals surface area contributed by atoms with E-state index >= 15 is 0 Å². The SMILES string of the molecule is CN(C)C(=O)c1cc2cnc(Nc3ccc(N4CC(N5CCN(CCc6cccc(C7CCC(=O)NC7=O)c6)CC5)C4)cn3)nc2n1C1CCCC1. The number of nitrogens with one attached hydrogen (secondary N) is 2. The minimum atomic E-state index is -0.236. The lowest BCUT2D eigenvalue weighted by Crippen LogP contribution is -2.63. The average molecular weight is 705 g/mol. The Morgan fingerprint density at radius 1 is 0.942 bits per heavy atom. The maximum absolute atomic E-state index is 13.0. The molecule has 272 valence electrons. The van der Waals surface area contributed by atoms with Crippen LogP contribution in [0, 0.1) is 0 Å². The molecule has 13 heteroatoms. The van der Waals surface area contributed by atoms with E-state index in [2.05, 4.69) is 53.1 Å². The van der Waals surface area contributed by atoms with E-state index in [1.165, 1.54) is 5.56 Å². The van der Waals surface area contributed by atoms with Gasteiger partial charge in [0, 0.05) is 90.0 Å². The third-order valence-corrected chi connectivity index (χ3v) is 11.3. The van der Waals surface area contributed by atoms with Crippen LogP contribution in [0.15, 0.2) is 54.9 Å². The second-order valence-electron chi connectivity index (χ2n) is 15.0. The van der Waals surface area contributed by atoms with E-state index in [9.17, 15) is 14.4 Å². The fourth-order valence-electron chi connectivity index (χ4n) is 8.27. The Bertz CT molecular complexity index is 1940. The Labute approximate surface area is 304 Å². The monoisotopic (exact) mass is 704 g/mol. The van der Waals surface area contributed by atoms with E-state index in [0.29, 0.717) is 36.3 Å². The first-order chi connectivity index (χ1) is 25.3. The maximum Gasteiger partial charge on any atom is 0.270 e. The number of rotatable bonds is 10. The van der Waals surface area contributed by atoms with Crippen LogP contribution in [0.25, 0.3) is 11.0 Å². The first-order valence-electron chi connectivity index (χ1n) is 18.8. The van der Waals surface area contributed by atoms with E-state index in [-0.39, 0.29) is 29.7 Å². The largest absolute Gasteiger partial charge is 0.367 e. The molecule has 4 aromatic rings. The highest BCUT2D eigenvalue weighted by atomic mass is 16.2. The number of imide groups is 1. The summed E-state index contributed by atoms with van der Waals surface area (Å²) in [6.07, 6.45) is 10.1. The number of fused-ring (bicyclic) bond motifs is 1. The highest BCUT2D eigenvalue weighted by Gasteiger charge is 2.34. The first-order valence-corrected chi connectivity index (χ1v) is 18.8. The van der Waals surface area contributed by atoms with E-state index < -0.39 is 0 Å². The molecule has 52 heavy (non-hydrogen) atoms. The van der Waals surface area contributed by atoms with Gasteiger partial charge in [0.25, 0.3) is 5.91 Å². The molecule has 4 aliphatic rings. The number of hydrogen-bond acceptors (Lipinski definition) is 10. The molecule has 0 spiro atoms. The van der Waals surface area contributed by atoms with Crippen molar-refractivity contribution < 1.29 is 14.4 Å². The van der Waals surface area contributed by atoms with Crippen LogP contribution in [-0.2, 0) is 16.0 Å². The van der Waals surface area contributed by atoms with Gasteiger partial charge >= 0.3 is 0 Å². The number of piperazine rings is 1. The zero-order valence-electron chi connectivity index (χ0n) is 30.1. The van der Waals surface area contributed by atoms with Gasteiger partial charge in [-0.2, -0.15) is 4.98 Å². The van der Waals surface area contributed by atoms with Gasteiger partial charge in [0.05, 0.1) is 17.8 Å². The zero-order valence-corrected chi connectivity index (χ0v) is 30.1. The van der Waals surface area contributed by atoms with Crippen molar-refractivity contribution in [2.24, 2.45) is 0 Å². The fourth-order valence-corrected chi connectivity index (χ4v) is 8.27. The lowest BCUT2D eigenvalue weighted by atomic mass is 9.89. The molecular formula is C39H48N10O3. The number of carbonyl (C=O) groups excluding carboxylic acids is 3. The smallest absolute Gasteiger partial charge is 0.270 e. The summed E-state index contributed by atoms with van der Waals surface area (Å²) in [5.74, 6) is 0.550. The summed E-state index contributed by atoms with van der Waals surface area (Å²) in [6.45, 7) is 7.22. The lowest BCUT2D eigenvalue weighted by Gasteiger charge is -2.49. The molecule has 2 N–H and O–H groups in total. The Hall–Kier alpha value is -4.88. The van der Waals surface area contributed by atoms with Crippen LogP contribution in [-0.4, -0.2) is 118 Å². The zero-order chi connectivity index (χ0) is 35.8. The molecule has 3 amide bonds. The van der Waals surface area contributed by atoms with Gasteiger partial charge < -0.3 is 24.6 Å². The number of pyridine rings is 1. The predicted octanol–water partition coefficient (Wildman–Crippen LogP) is 3.96. The number of hydrogen-bond donors (Lipinski definition) is 2. The van der Waals surface area contributed by atoms with Crippen LogP contribution in [0.5, 0.6) is 0 Å². The number of amides is 3. The molecule has 3 aromatic heterocycles. The summed E-state index contributed by atoms with van der Waals surface area (Å²) in [5.41, 5.74) is 4.81. The third-order valence-electron chi connectivity index (χ3n) is 11.3. The first kappa shape index (κ1) is 34.2. The molecule has 4 fully saturated rings. The molecule has 13 nitrogen and oxygen atoms in total. The molecule has 8 rings (SSSR count). The third kappa shape index (κ3) is 7.11. The number of nitrogens with zero attached hydrogens (tertiary/aromatic N) is 8. The van der Waals surface area contributed by atoms with Crippen LogP contribution < -0.4 is 15.5 Å². The van der Waals surface area contributed by atoms with Crippen LogP contribution in [0.1, 0.15) is 72.1 Å². The fraction of sp³-hybridized carbons (Fsp3) is 0.487. The molecule has 1 aliphatic carbocycles. The van der Waals surface area contributed by atoms with Gasteiger partial charge in [0.2, 0.25) is 17.8 Å². The molecular weight excluding hydrogens is 656 g/mol. The van der Waals surface area contributed by atoms with Gasteiger partial charge in [-0.3, -0.25) is 24.6 Å². The van der Waals surface area contributed by atoms with Gasteiger partial charge in [-0.05, 0) is 55.0 Å². The minimum absolute atomic E-state index is 0.0179. The quantitative estimate of drug-likeness (QED) is 0.234. The van der Waals surface area contributed by atoms with E-state index in [1.54, 1.807) is 25.2 Å². The Kier molecular flexibility index (Phi) is 9.63. The van der Waals surface area contributed by atoms with Crippen LogP contribution >= 0.6 is 0 Å². The molecule has 1 saturated carbocycles. The van der Waals surface area contributed by atoms with Crippen molar-refractivity contribution in [1.29, 1.82) is 0 Å². The second-order valence-corrected chi connectivity index (χ2v) is 15.0. The molecule has 6 heterocycles. The second kappa shape index (κ2) is 14.6. The molecule has 1 atom stereocenters. The molecule has 0 radical (unpaired) electrons. The molecule has 1 aromatic carbocycles. The van der Waals surface area contributed by atoms with Crippen LogP contribution in [0.2, 0.25) is 0 Å². The van der Waals surface area contributed by atoms with Gasteiger partial charge in [0.15, 0.2) is 0 Å². The number of aromatic nitrogens is 4. The number of anilines is 3. The van der Waals surface area contributed by atoms with Crippen molar-refractivity contribution in [2.45, 2.75) is 62.9 Å². The molecule has 3 saturated heterocycles. The summed E-state index contributed by atoms with van der Waals surface area (Å²) < 4.78 is 2.13. The van der Waals surface area contributed by atoms with Crippen molar-refractivity contribution in [3.63, 3.8) is 0 Å². The van der Waals surface area contributed by atoms with Crippen LogP contribution in [0.4, 0.5) is 17.5 Å². The molecule has 0 bridgehead atoms. The molecule has 1 unspecified atom stereocenters. The summed E-state index contributed by atoms with van der Waals surface area (Å²) >= 11 is 0. The molecule has 3 aliphatic heterocycles. The Morgan fingerprint density at radius 2 is 1.75 bits per heavy atom. The van der Waals surface area contributed by atoms with E-state index in [1.807, 2.05) is 30.5 Å². The van der Waals surface area contributed by atoms with Gasteiger partial charge in [-0.25, -0.2) is 9.97 Å². The summed E-state index contributed by atoms with van der Waals surface area (Å²) in [5, 5.41) is 6.63. The van der Waals surface area contributed by atoms with Crippen molar-refractivity contribution in [1.82, 2.24) is 39.5 Å². The van der Waals surface area contributed by atoms with Crippen molar-refractivity contribution in [2.75, 3.05) is 70.1 Å². The van der Waals surface area contributed by atoms with Crippen molar-refractivity contribution >= 4 is 46.2 Å². The van der Waals surface area contributed by atoms with Gasteiger partial charge in [-0.15, -0.1) is 0 Å². The summed E-state index contributed by atoms with van der Waals surface area (Å²) in [7, 11) is 3.57. The lowest BCUT2D eigenvalue weighted by molar-refractivity contribution is -0.134. The number of benzene rings is 1. The van der Waals surface area contributed by atoms with E-state index in [0.717, 1.165) is 100 Å². The maximum atomic E-state index is 13.0. The Morgan fingerprint density at radius 3 is 2.48 bits per heavy atom. The van der Waals surface area contributed by atoms with Gasteiger partial charge in [0.1, 0.15) is 17.2 Å². The number of carbonyl (C=O) groups is 3. The summed E-state index contributed by atoms with van der Waals surface area (Å²) in [4.78, 5) is 60.2. The number of piperidine rings is 1. The van der Waals surface area contributed by atoms with Crippen LogP contribution in [0.3, 0.4) is 0 Å². The Balaban J connectivity index is 0.814. The standard InChI is InChI=1S/C39H48N10O3/c1-45(2)38(52)33-21-28-22-41-39(44-36(28)49(33)29-8-3-4-9-29)42-34-12-10-30(23-40-34)48-24-31(25-48)47-18-16-46(17-19-47)15-14-26-6-5-7-27(20-26)32-11-13-35(50)43-37(32)51/h5-7,10,12,20-23,29,31-32H,3-4,8-9,11,13-19,24-25H2,1-2H3,(H,43,50,51)(H,40,41,42,44). The highest BCUT2D eigenvalue weighted by Crippen LogP contribution is 2.35. The highest BCUT2D eigenvalue weighted by molar-refractivity contribution is 6.01. The average Bonchev–Trinajstić information content (AvgIpc) is 3.79. The normalized spacial score (nSPS) is 20.7. The van der Waals surface area contributed by atoms with Crippen molar-refractivity contribution in [3.05, 3.63) is 71.7 Å². The predicted molar refractivity (Wildman–Crippen MR) is 200 cm³/mol. The minimum Gasteiger partial charge on any atom is -0.367 e. The van der Waals surface area contributed by atoms with E-state index in [4.69, 9.17) is 9.97 Å². The topological polar surface area (TPSA) is 132 Å².